The Kier molecular flexibility index (Phi) is 4.69. The summed E-state index contributed by atoms with van der Waals surface area (Å²) in [7, 11) is 0. The van der Waals surface area contributed by atoms with E-state index in [4.69, 9.17) is 9.51 Å². The van der Waals surface area contributed by atoms with Crippen LogP contribution in [0.2, 0.25) is 0 Å². The molecule has 1 aliphatic heterocycles. The molecule has 1 fully saturated rings. The number of hydrogen-bond donors (Lipinski definition) is 0. The molecule has 29 heavy (non-hydrogen) atoms. The predicted molar refractivity (Wildman–Crippen MR) is 114 cm³/mol. The van der Waals surface area contributed by atoms with Crippen molar-refractivity contribution in [2.75, 3.05) is 36.0 Å². The van der Waals surface area contributed by atoms with E-state index in [1.54, 1.807) is 11.3 Å². The lowest BCUT2D eigenvalue weighted by atomic mass is 10.1. The van der Waals surface area contributed by atoms with Crippen molar-refractivity contribution in [2.45, 2.75) is 6.92 Å². The molecule has 8 heteroatoms. The summed E-state index contributed by atoms with van der Waals surface area (Å²) in [5.74, 6) is 2.45. The number of aryl methyl sites for hydroxylation is 1. The van der Waals surface area contributed by atoms with E-state index >= 15 is 0 Å². The average molecular weight is 404 g/mol. The number of thiophene rings is 1. The maximum Gasteiger partial charge on any atom is 0.226 e. The lowest BCUT2D eigenvalue weighted by Gasteiger charge is -2.35. The third-order valence-corrected chi connectivity index (χ3v) is 5.84. The first kappa shape index (κ1) is 17.8. The van der Waals surface area contributed by atoms with Crippen LogP contribution < -0.4 is 9.80 Å². The second kappa shape index (κ2) is 7.63. The Morgan fingerprint density at radius 3 is 2.55 bits per heavy atom. The van der Waals surface area contributed by atoms with Crippen molar-refractivity contribution in [1.82, 2.24) is 20.1 Å². The number of hydrogen-bond acceptors (Lipinski definition) is 8. The molecular formula is C21H20N6OS. The average Bonchev–Trinajstić information content (AvgIpc) is 3.46. The van der Waals surface area contributed by atoms with Gasteiger partial charge < -0.3 is 14.3 Å². The van der Waals surface area contributed by atoms with Gasteiger partial charge in [0.05, 0.1) is 21.8 Å². The van der Waals surface area contributed by atoms with E-state index < -0.39 is 0 Å². The lowest BCUT2D eigenvalue weighted by molar-refractivity contribution is 0.427. The summed E-state index contributed by atoms with van der Waals surface area (Å²) < 4.78 is 5.48. The number of rotatable bonds is 4. The van der Waals surface area contributed by atoms with Crippen molar-refractivity contribution >= 4 is 23.1 Å². The highest BCUT2D eigenvalue weighted by atomic mass is 32.1. The number of nitrogens with zero attached hydrogens (tertiary/aromatic N) is 6. The van der Waals surface area contributed by atoms with E-state index in [0.717, 1.165) is 59.8 Å². The van der Waals surface area contributed by atoms with Crippen LogP contribution in [0.1, 0.15) is 5.69 Å². The summed E-state index contributed by atoms with van der Waals surface area (Å²) in [4.78, 5) is 19.6. The Morgan fingerprint density at radius 2 is 1.86 bits per heavy atom. The van der Waals surface area contributed by atoms with E-state index in [9.17, 15) is 0 Å². The molecule has 0 unspecified atom stereocenters. The van der Waals surface area contributed by atoms with Gasteiger partial charge in [0.25, 0.3) is 0 Å². The van der Waals surface area contributed by atoms with Crippen LogP contribution in [0.25, 0.3) is 21.9 Å². The first-order valence-corrected chi connectivity index (χ1v) is 10.4. The standard InChI is InChI=1S/C21H20N6OS/c1-15-13-17(28-25-15)16-14-23-21(24-20(16)18-5-4-12-29-18)27-10-8-26(9-11-27)19-6-2-3-7-22-19/h2-7,12-14H,8-11H2,1H3. The molecule has 0 aromatic carbocycles. The monoisotopic (exact) mass is 404 g/mol. The Morgan fingerprint density at radius 1 is 1.00 bits per heavy atom. The maximum atomic E-state index is 5.48. The number of pyridine rings is 1. The van der Waals surface area contributed by atoms with E-state index in [1.807, 2.05) is 43.6 Å². The SMILES string of the molecule is Cc1cc(-c2cnc(N3CCN(c4ccccn4)CC3)nc2-c2cccs2)on1. The van der Waals surface area contributed by atoms with Gasteiger partial charge in [-0.25, -0.2) is 15.0 Å². The third kappa shape index (κ3) is 3.58. The fourth-order valence-corrected chi connectivity index (χ4v) is 4.20. The molecule has 0 atom stereocenters. The normalized spacial score (nSPS) is 14.4. The van der Waals surface area contributed by atoms with Gasteiger partial charge in [-0.3, -0.25) is 0 Å². The Hall–Kier alpha value is -3.26. The van der Waals surface area contributed by atoms with Crippen LogP contribution in [0.5, 0.6) is 0 Å². The summed E-state index contributed by atoms with van der Waals surface area (Å²) in [6, 6.07) is 12.0. The molecular weight excluding hydrogens is 384 g/mol. The van der Waals surface area contributed by atoms with Crippen molar-refractivity contribution in [3.63, 3.8) is 0 Å². The maximum absolute atomic E-state index is 5.48. The van der Waals surface area contributed by atoms with Gasteiger partial charge in [-0.1, -0.05) is 17.3 Å². The van der Waals surface area contributed by atoms with E-state index in [2.05, 4.69) is 42.4 Å². The van der Waals surface area contributed by atoms with Crippen LogP contribution in [-0.4, -0.2) is 46.3 Å². The molecule has 0 aliphatic carbocycles. The summed E-state index contributed by atoms with van der Waals surface area (Å²) in [5, 5.41) is 6.07. The zero-order valence-corrected chi connectivity index (χ0v) is 16.8. The van der Waals surface area contributed by atoms with Crippen molar-refractivity contribution in [3.05, 3.63) is 59.9 Å². The molecule has 146 valence electrons. The Labute approximate surface area is 172 Å². The second-order valence-electron chi connectivity index (χ2n) is 6.90. The molecule has 1 aliphatic rings. The zero-order chi connectivity index (χ0) is 19.6. The number of aromatic nitrogens is 4. The van der Waals surface area contributed by atoms with Gasteiger partial charge in [-0.15, -0.1) is 11.3 Å². The minimum atomic E-state index is 0.692. The van der Waals surface area contributed by atoms with Gasteiger partial charge in [-0.2, -0.15) is 0 Å². The summed E-state index contributed by atoms with van der Waals surface area (Å²) in [6.07, 6.45) is 3.69. The molecule has 0 N–H and O–H groups in total. The van der Waals surface area contributed by atoms with Gasteiger partial charge in [0.2, 0.25) is 5.95 Å². The van der Waals surface area contributed by atoms with E-state index in [-0.39, 0.29) is 0 Å². The molecule has 5 heterocycles. The predicted octanol–water partition coefficient (Wildman–Crippen LogP) is 3.89. The highest BCUT2D eigenvalue weighted by Gasteiger charge is 2.22. The van der Waals surface area contributed by atoms with E-state index in [0.29, 0.717) is 5.76 Å². The molecule has 4 aromatic rings. The van der Waals surface area contributed by atoms with E-state index in [1.165, 1.54) is 0 Å². The van der Waals surface area contributed by atoms with Gasteiger partial charge in [0.1, 0.15) is 5.82 Å². The summed E-state index contributed by atoms with van der Waals surface area (Å²) in [6.45, 7) is 5.38. The van der Waals surface area contributed by atoms with Crippen LogP contribution >= 0.6 is 11.3 Å². The van der Waals surface area contributed by atoms with Crippen molar-refractivity contribution in [2.24, 2.45) is 0 Å². The number of anilines is 2. The van der Waals surface area contributed by atoms with Crippen LogP contribution in [0.3, 0.4) is 0 Å². The van der Waals surface area contributed by atoms with Crippen molar-refractivity contribution < 1.29 is 4.52 Å². The molecule has 0 spiro atoms. The molecule has 7 nitrogen and oxygen atoms in total. The lowest BCUT2D eigenvalue weighted by Crippen LogP contribution is -2.47. The zero-order valence-electron chi connectivity index (χ0n) is 16.0. The summed E-state index contributed by atoms with van der Waals surface area (Å²) >= 11 is 1.66. The fourth-order valence-electron chi connectivity index (χ4n) is 3.47. The van der Waals surface area contributed by atoms with Crippen molar-refractivity contribution in [1.29, 1.82) is 0 Å². The van der Waals surface area contributed by atoms with Gasteiger partial charge >= 0.3 is 0 Å². The topological polar surface area (TPSA) is 71.2 Å². The quantitative estimate of drug-likeness (QED) is 0.511. The van der Waals surface area contributed by atoms with Crippen LogP contribution in [0.4, 0.5) is 11.8 Å². The first-order chi connectivity index (χ1) is 14.3. The molecule has 0 saturated carbocycles. The van der Waals surface area contributed by atoms with Crippen LogP contribution in [0.15, 0.2) is 58.7 Å². The Bertz CT molecular complexity index is 1090. The molecule has 4 aromatic heterocycles. The molecule has 0 bridgehead atoms. The van der Waals surface area contributed by atoms with Gasteiger partial charge in [-0.05, 0) is 30.5 Å². The van der Waals surface area contributed by atoms with Crippen LogP contribution in [0, 0.1) is 6.92 Å². The number of piperazine rings is 1. The molecule has 0 radical (unpaired) electrons. The molecule has 5 rings (SSSR count). The highest BCUT2D eigenvalue weighted by molar-refractivity contribution is 7.13. The summed E-state index contributed by atoms with van der Waals surface area (Å²) in [5.41, 5.74) is 2.59. The minimum absolute atomic E-state index is 0.692. The molecule has 0 amide bonds. The Balaban J connectivity index is 1.42. The third-order valence-electron chi connectivity index (χ3n) is 4.96. The minimum Gasteiger partial charge on any atom is -0.356 e. The first-order valence-electron chi connectivity index (χ1n) is 9.53. The van der Waals surface area contributed by atoms with Crippen LogP contribution in [-0.2, 0) is 0 Å². The fraction of sp³-hybridized carbons (Fsp3) is 0.238. The smallest absolute Gasteiger partial charge is 0.226 e. The van der Waals surface area contributed by atoms with Crippen molar-refractivity contribution in [3.8, 4) is 21.9 Å². The molecule has 1 saturated heterocycles. The second-order valence-corrected chi connectivity index (χ2v) is 7.85. The largest absolute Gasteiger partial charge is 0.356 e. The highest BCUT2D eigenvalue weighted by Crippen LogP contribution is 2.34. The van der Waals surface area contributed by atoms with Gasteiger partial charge in [0.15, 0.2) is 5.76 Å². The van der Waals surface area contributed by atoms with Gasteiger partial charge in [0, 0.05) is 44.6 Å².